The molecule has 2 aromatic carbocycles. The van der Waals surface area contributed by atoms with Crippen molar-refractivity contribution in [2.75, 3.05) is 0 Å². The number of nitro benzene ring substituents is 1. The quantitative estimate of drug-likeness (QED) is 0.206. The first-order valence-corrected chi connectivity index (χ1v) is 7.46. The number of non-ortho nitro benzene ring substituents is 1. The largest absolute Gasteiger partial charge is 0.507 e. The summed E-state index contributed by atoms with van der Waals surface area (Å²) in [5, 5.41) is 24.1. The maximum absolute atomic E-state index is 11.8. The minimum atomic E-state index is -1.05. The van der Waals surface area contributed by atoms with E-state index in [1.165, 1.54) is 24.4 Å². The molecule has 0 aromatic heterocycles. The first-order chi connectivity index (χ1) is 12.4. The molecule has 0 saturated heterocycles. The number of rotatable bonds is 6. The first kappa shape index (κ1) is 18.5. The van der Waals surface area contributed by atoms with Crippen LogP contribution in [-0.4, -0.2) is 27.9 Å². The number of hydrogen-bond donors (Lipinski definition) is 2. The topological polar surface area (TPSA) is 122 Å². The molecule has 1 amide bonds. The van der Waals surface area contributed by atoms with E-state index in [1.54, 1.807) is 30.3 Å². The number of nitrogens with one attached hydrogen (secondary N) is 1. The molecule has 0 saturated carbocycles. The van der Waals surface area contributed by atoms with E-state index in [0.717, 1.165) is 11.6 Å². The Hall–Kier alpha value is -3.81. The van der Waals surface area contributed by atoms with E-state index in [1.807, 2.05) is 12.3 Å². The highest BCUT2D eigenvalue weighted by Crippen LogP contribution is 2.12. The molecule has 2 aromatic rings. The Balaban J connectivity index is 1.99. The van der Waals surface area contributed by atoms with Crippen LogP contribution in [0.2, 0.25) is 0 Å². The Morgan fingerprint density at radius 1 is 1.19 bits per heavy atom. The number of benzene rings is 2. The molecular weight excluding hydrogens is 338 g/mol. The number of nitrogens with zero attached hydrogens (tertiary/aromatic N) is 2. The van der Waals surface area contributed by atoms with Crippen molar-refractivity contribution in [1.82, 2.24) is 5.43 Å². The zero-order valence-electron chi connectivity index (χ0n) is 13.7. The fourth-order valence-corrected chi connectivity index (χ4v) is 1.94. The van der Waals surface area contributed by atoms with Crippen molar-refractivity contribution in [3.05, 3.63) is 81.4 Å². The zero-order valence-corrected chi connectivity index (χ0v) is 13.7. The van der Waals surface area contributed by atoms with Crippen LogP contribution in [-0.2, 0) is 9.59 Å². The van der Waals surface area contributed by atoms with Crippen molar-refractivity contribution < 1.29 is 19.6 Å². The van der Waals surface area contributed by atoms with Gasteiger partial charge in [-0.1, -0.05) is 42.0 Å². The van der Waals surface area contributed by atoms with Gasteiger partial charge in [0.05, 0.1) is 11.1 Å². The van der Waals surface area contributed by atoms with Crippen molar-refractivity contribution in [3.8, 4) is 0 Å². The third-order valence-electron chi connectivity index (χ3n) is 3.30. The van der Waals surface area contributed by atoms with E-state index in [-0.39, 0.29) is 11.4 Å². The van der Waals surface area contributed by atoms with Gasteiger partial charge in [-0.25, -0.2) is 5.43 Å². The lowest BCUT2D eigenvalue weighted by Crippen LogP contribution is -2.25. The number of hydrogen-bond acceptors (Lipinski definition) is 6. The first-order valence-electron chi connectivity index (χ1n) is 7.46. The zero-order chi connectivity index (χ0) is 19.1. The number of aryl methyl sites for hydroxylation is 1. The summed E-state index contributed by atoms with van der Waals surface area (Å²) in [6, 6.07) is 12.3. The Morgan fingerprint density at radius 2 is 1.88 bits per heavy atom. The van der Waals surface area contributed by atoms with E-state index in [0.29, 0.717) is 11.1 Å². The highest BCUT2D eigenvalue weighted by Gasteiger charge is 2.12. The average Bonchev–Trinajstić information content (AvgIpc) is 2.62. The monoisotopic (exact) mass is 353 g/mol. The number of carbonyl (C=O) groups excluding carboxylic acids is 2. The summed E-state index contributed by atoms with van der Waals surface area (Å²) in [5.41, 5.74) is 3.64. The van der Waals surface area contributed by atoms with Gasteiger partial charge in [-0.3, -0.25) is 19.7 Å². The molecule has 0 heterocycles. The SMILES string of the molecule is Cc1ccc(C(O)=CC(=O)C(=O)NN=Cc2cccc([N+](=O)[O-])c2)cc1. The second kappa shape index (κ2) is 8.34. The van der Waals surface area contributed by atoms with E-state index in [2.05, 4.69) is 5.10 Å². The molecule has 0 aliphatic rings. The Labute approximate surface area is 148 Å². The Morgan fingerprint density at radius 3 is 2.54 bits per heavy atom. The predicted molar refractivity (Wildman–Crippen MR) is 95.6 cm³/mol. The fourth-order valence-electron chi connectivity index (χ4n) is 1.94. The van der Waals surface area contributed by atoms with Crippen LogP contribution in [0.15, 0.2) is 59.7 Å². The molecule has 0 unspecified atom stereocenters. The number of ketones is 1. The maximum Gasteiger partial charge on any atom is 0.311 e. The van der Waals surface area contributed by atoms with Crippen LogP contribution in [0.25, 0.3) is 5.76 Å². The van der Waals surface area contributed by atoms with Crippen LogP contribution in [0.4, 0.5) is 5.69 Å². The van der Waals surface area contributed by atoms with E-state index in [4.69, 9.17) is 0 Å². The van der Waals surface area contributed by atoms with Crippen molar-refractivity contribution in [1.29, 1.82) is 0 Å². The summed E-state index contributed by atoms with van der Waals surface area (Å²) >= 11 is 0. The van der Waals surface area contributed by atoms with Gasteiger partial charge in [-0.15, -0.1) is 0 Å². The van der Waals surface area contributed by atoms with Crippen molar-refractivity contribution in [3.63, 3.8) is 0 Å². The normalized spacial score (nSPS) is 11.3. The standard InChI is InChI=1S/C18H15N3O5/c1-12-5-7-14(8-6-12)16(22)10-17(23)18(24)20-19-11-13-3-2-4-15(9-13)21(25)26/h2-11,22H,1H3,(H,20,24). The molecule has 0 bridgehead atoms. The van der Waals surface area contributed by atoms with Crippen LogP contribution < -0.4 is 5.43 Å². The fraction of sp³-hybridized carbons (Fsp3) is 0.0556. The molecule has 8 nitrogen and oxygen atoms in total. The minimum Gasteiger partial charge on any atom is -0.507 e. The molecule has 26 heavy (non-hydrogen) atoms. The van der Waals surface area contributed by atoms with Crippen LogP contribution in [0.1, 0.15) is 16.7 Å². The minimum absolute atomic E-state index is 0.123. The maximum atomic E-state index is 11.8. The molecule has 0 atom stereocenters. The van der Waals surface area contributed by atoms with Gasteiger partial charge in [0.2, 0.25) is 5.78 Å². The molecule has 0 fully saturated rings. The van der Waals surface area contributed by atoms with Gasteiger partial charge in [0, 0.05) is 29.3 Å². The average molecular weight is 353 g/mol. The van der Waals surface area contributed by atoms with Crippen LogP contribution in [0.3, 0.4) is 0 Å². The smallest absolute Gasteiger partial charge is 0.311 e. The lowest BCUT2D eigenvalue weighted by Gasteiger charge is -2.01. The summed E-state index contributed by atoms with van der Waals surface area (Å²) in [6.45, 7) is 1.88. The third kappa shape index (κ3) is 5.10. The number of aliphatic hydroxyl groups excluding tert-OH is 1. The Kier molecular flexibility index (Phi) is 5.94. The predicted octanol–water partition coefficient (Wildman–Crippen LogP) is 2.52. The summed E-state index contributed by atoms with van der Waals surface area (Å²) in [7, 11) is 0. The number of nitro groups is 1. The number of carbonyl (C=O) groups is 2. The van der Waals surface area contributed by atoms with Crippen LogP contribution in [0.5, 0.6) is 0 Å². The second-order valence-corrected chi connectivity index (χ2v) is 5.31. The summed E-state index contributed by atoms with van der Waals surface area (Å²) < 4.78 is 0. The van der Waals surface area contributed by atoms with Gasteiger partial charge in [-0.2, -0.15) is 5.10 Å². The van der Waals surface area contributed by atoms with Gasteiger partial charge in [-0.05, 0) is 6.92 Å². The Bertz CT molecular complexity index is 901. The van der Waals surface area contributed by atoms with E-state index in [9.17, 15) is 24.8 Å². The summed E-state index contributed by atoms with van der Waals surface area (Å²) in [5.74, 6) is -2.38. The highest BCUT2D eigenvalue weighted by molar-refractivity contribution is 6.41. The number of hydrazone groups is 1. The highest BCUT2D eigenvalue weighted by atomic mass is 16.6. The number of amides is 1. The molecule has 0 radical (unpaired) electrons. The summed E-state index contributed by atoms with van der Waals surface area (Å²) in [4.78, 5) is 33.6. The van der Waals surface area contributed by atoms with Crippen molar-refractivity contribution in [2.24, 2.45) is 5.10 Å². The molecule has 2 N–H and O–H groups in total. The van der Waals surface area contributed by atoms with Crippen LogP contribution in [0, 0.1) is 17.0 Å². The van der Waals surface area contributed by atoms with E-state index < -0.39 is 16.6 Å². The summed E-state index contributed by atoms with van der Waals surface area (Å²) in [6.07, 6.45) is 1.96. The van der Waals surface area contributed by atoms with Gasteiger partial charge < -0.3 is 5.11 Å². The third-order valence-corrected chi connectivity index (χ3v) is 3.30. The molecule has 0 aliphatic heterocycles. The van der Waals surface area contributed by atoms with Gasteiger partial charge in [0.1, 0.15) is 5.76 Å². The number of aliphatic hydroxyl groups is 1. The second-order valence-electron chi connectivity index (χ2n) is 5.31. The van der Waals surface area contributed by atoms with Gasteiger partial charge >= 0.3 is 5.91 Å². The van der Waals surface area contributed by atoms with Crippen LogP contribution >= 0.6 is 0 Å². The molecule has 2 rings (SSSR count). The molecule has 0 aliphatic carbocycles. The van der Waals surface area contributed by atoms with Crippen molar-refractivity contribution in [2.45, 2.75) is 6.92 Å². The molecule has 132 valence electrons. The van der Waals surface area contributed by atoms with Crippen molar-refractivity contribution >= 4 is 29.4 Å². The molecule has 8 heteroatoms. The molecule has 0 spiro atoms. The molecular formula is C18H15N3O5. The lowest BCUT2D eigenvalue weighted by atomic mass is 10.1. The lowest BCUT2D eigenvalue weighted by molar-refractivity contribution is -0.384. The van der Waals surface area contributed by atoms with E-state index >= 15 is 0 Å². The van der Waals surface area contributed by atoms with Gasteiger partial charge in [0.25, 0.3) is 5.69 Å². The van der Waals surface area contributed by atoms with Gasteiger partial charge in [0.15, 0.2) is 0 Å².